The lowest BCUT2D eigenvalue weighted by molar-refractivity contribution is 0.0552. The lowest BCUT2D eigenvalue weighted by atomic mass is 10.1. The predicted octanol–water partition coefficient (Wildman–Crippen LogP) is 0.866. The van der Waals surface area contributed by atoms with Crippen molar-refractivity contribution in [2.24, 2.45) is 0 Å². The molecular formula is C17H23NO4. The largest absolute Gasteiger partial charge is 0.491 e. The highest BCUT2D eigenvalue weighted by Gasteiger charge is 2.12. The molecule has 3 N–H and O–H groups in total. The number of hydrogen-bond acceptors (Lipinski definition) is 5. The summed E-state index contributed by atoms with van der Waals surface area (Å²) in [5.41, 5.74) is 0. The molecule has 2 aromatic rings. The van der Waals surface area contributed by atoms with Crippen molar-refractivity contribution in [3.05, 3.63) is 42.5 Å². The Balaban J connectivity index is 1.87. The van der Waals surface area contributed by atoms with Gasteiger partial charge in [-0.1, -0.05) is 30.3 Å². The van der Waals surface area contributed by atoms with Crippen LogP contribution in [0, 0.1) is 0 Å². The summed E-state index contributed by atoms with van der Waals surface area (Å²) < 4.78 is 5.63. The van der Waals surface area contributed by atoms with Crippen molar-refractivity contribution in [1.29, 1.82) is 0 Å². The second kappa shape index (κ2) is 8.70. The maximum Gasteiger partial charge on any atom is 0.120 e. The van der Waals surface area contributed by atoms with Crippen molar-refractivity contribution in [3.8, 4) is 5.75 Å². The molecule has 0 aliphatic heterocycles. The Morgan fingerprint density at radius 3 is 2.32 bits per heavy atom. The molecule has 0 radical (unpaired) electrons. The Morgan fingerprint density at radius 2 is 1.64 bits per heavy atom. The second-order valence-corrected chi connectivity index (χ2v) is 5.22. The quantitative estimate of drug-likeness (QED) is 0.641. The van der Waals surface area contributed by atoms with E-state index in [4.69, 9.17) is 14.9 Å². The van der Waals surface area contributed by atoms with Crippen molar-refractivity contribution in [2.45, 2.75) is 6.10 Å². The van der Waals surface area contributed by atoms with Crippen LogP contribution in [0.4, 0.5) is 0 Å². The predicted molar refractivity (Wildman–Crippen MR) is 86.1 cm³/mol. The Hall–Kier alpha value is -1.66. The van der Waals surface area contributed by atoms with Crippen molar-refractivity contribution in [1.82, 2.24) is 4.90 Å². The van der Waals surface area contributed by atoms with Gasteiger partial charge in [0.2, 0.25) is 0 Å². The summed E-state index contributed by atoms with van der Waals surface area (Å²) in [4.78, 5) is 1.80. The molecule has 1 atom stereocenters. The van der Waals surface area contributed by atoms with Crippen molar-refractivity contribution >= 4 is 10.8 Å². The number of nitrogens with zero attached hydrogens (tertiary/aromatic N) is 1. The first-order chi connectivity index (χ1) is 10.7. The van der Waals surface area contributed by atoms with Gasteiger partial charge in [-0.15, -0.1) is 0 Å². The first-order valence-corrected chi connectivity index (χ1v) is 7.46. The van der Waals surface area contributed by atoms with Crippen LogP contribution in [0.5, 0.6) is 5.75 Å². The third kappa shape index (κ3) is 4.96. The minimum Gasteiger partial charge on any atom is -0.491 e. The van der Waals surface area contributed by atoms with Crippen LogP contribution in [-0.4, -0.2) is 65.8 Å². The van der Waals surface area contributed by atoms with Gasteiger partial charge in [0.1, 0.15) is 18.5 Å². The van der Waals surface area contributed by atoms with Gasteiger partial charge in [0.25, 0.3) is 0 Å². The van der Waals surface area contributed by atoms with E-state index in [0.717, 1.165) is 10.8 Å². The van der Waals surface area contributed by atoms with E-state index in [1.54, 1.807) is 4.90 Å². The molecule has 2 aromatic carbocycles. The summed E-state index contributed by atoms with van der Waals surface area (Å²) in [6.07, 6.45) is -0.676. The van der Waals surface area contributed by atoms with Gasteiger partial charge in [0.15, 0.2) is 0 Å². The second-order valence-electron chi connectivity index (χ2n) is 5.22. The number of ether oxygens (including phenoxy) is 1. The zero-order valence-electron chi connectivity index (χ0n) is 12.6. The van der Waals surface area contributed by atoms with E-state index < -0.39 is 6.10 Å². The molecule has 0 amide bonds. The molecule has 0 aliphatic carbocycles. The summed E-state index contributed by atoms with van der Waals surface area (Å²) in [6.45, 7) is 1.37. The number of hydrogen-bond donors (Lipinski definition) is 3. The third-order valence-corrected chi connectivity index (χ3v) is 3.46. The molecule has 5 nitrogen and oxygen atoms in total. The van der Waals surface area contributed by atoms with Crippen LogP contribution < -0.4 is 4.74 Å². The van der Waals surface area contributed by atoms with Crippen molar-refractivity contribution < 1.29 is 20.1 Å². The van der Waals surface area contributed by atoms with Gasteiger partial charge in [0.05, 0.1) is 13.2 Å². The molecule has 0 unspecified atom stereocenters. The number of aliphatic hydroxyl groups excluding tert-OH is 3. The molecule has 0 bridgehead atoms. The van der Waals surface area contributed by atoms with E-state index in [1.165, 1.54) is 0 Å². The highest BCUT2D eigenvalue weighted by Crippen LogP contribution is 2.20. The molecule has 0 aromatic heterocycles. The number of benzene rings is 2. The smallest absolute Gasteiger partial charge is 0.120 e. The Labute approximate surface area is 130 Å². The van der Waals surface area contributed by atoms with Crippen LogP contribution in [-0.2, 0) is 0 Å². The zero-order chi connectivity index (χ0) is 15.8. The first-order valence-electron chi connectivity index (χ1n) is 7.46. The highest BCUT2D eigenvalue weighted by atomic mass is 16.5. The van der Waals surface area contributed by atoms with Crippen molar-refractivity contribution in [2.75, 3.05) is 39.5 Å². The first kappa shape index (κ1) is 16.7. The standard InChI is InChI=1S/C17H23NO4/c19-9-7-18(8-10-20)12-16(21)13-22-17-6-5-14-3-1-2-4-15(14)11-17/h1-6,11,16,19-21H,7-10,12-13H2/t16-/m0/s1. The maximum atomic E-state index is 10.0. The van der Waals surface area contributed by atoms with E-state index in [0.29, 0.717) is 25.4 Å². The lowest BCUT2D eigenvalue weighted by Crippen LogP contribution is -2.38. The summed E-state index contributed by atoms with van der Waals surface area (Å²) in [5, 5.41) is 30.2. The van der Waals surface area contributed by atoms with Crippen LogP contribution in [0.1, 0.15) is 0 Å². The average molecular weight is 305 g/mol. The topological polar surface area (TPSA) is 73.2 Å². The summed E-state index contributed by atoms with van der Waals surface area (Å²) in [7, 11) is 0. The van der Waals surface area contributed by atoms with E-state index in [-0.39, 0.29) is 19.8 Å². The van der Waals surface area contributed by atoms with Crippen LogP contribution in [0.25, 0.3) is 10.8 Å². The van der Waals surface area contributed by atoms with E-state index in [9.17, 15) is 5.11 Å². The molecule has 22 heavy (non-hydrogen) atoms. The molecule has 0 saturated carbocycles. The normalized spacial score (nSPS) is 12.7. The number of rotatable bonds is 9. The van der Waals surface area contributed by atoms with Crippen LogP contribution in [0.2, 0.25) is 0 Å². The average Bonchev–Trinajstić information content (AvgIpc) is 2.53. The minimum absolute atomic E-state index is 0.00173. The van der Waals surface area contributed by atoms with E-state index >= 15 is 0 Å². The molecular weight excluding hydrogens is 282 g/mol. The molecule has 0 fully saturated rings. The van der Waals surface area contributed by atoms with Crippen LogP contribution in [0.15, 0.2) is 42.5 Å². The van der Waals surface area contributed by atoms with Gasteiger partial charge in [-0.05, 0) is 22.9 Å². The van der Waals surface area contributed by atoms with Gasteiger partial charge < -0.3 is 20.1 Å². The molecule has 0 spiro atoms. The summed E-state index contributed by atoms with van der Waals surface area (Å²) in [5.74, 6) is 0.716. The van der Waals surface area contributed by atoms with E-state index in [2.05, 4.69) is 0 Å². The Kier molecular flexibility index (Phi) is 6.61. The van der Waals surface area contributed by atoms with Gasteiger partial charge in [-0.2, -0.15) is 0 Å². The minimum atomic E-state index is -0.676. The molecule has 0 heterocycles. The third-order valence-electron chi connectivity index (χ3n) is 3.46. The molecule has 120 valence electrons. The number of aliphatic hydroxyl groups is 3. The molecule has 0 saturated heterocycles. The van der Waals surface area contributed by atoms with Crippen LogP contribution in [0.3, 0.4) is 0 Å². The van der Waals surface area contributed by atoms with Gasteiger partial charge in [-0.3, -0.25) is 4.90 Å². The van der Waals surface area contributed by atoms with Crippen molar-refractivity contribution in [3.63, 3.8) is 0 Å². The van der Waals surface area contributed by atoms with Gasteiger partial charge in [0, 0.05) is 19.6 Å². The molecule has 5 heteroatoms. The zero-order valence-corrected chi connectivity index (χ0v) is 12.6. The highest BCUT2D eigenvalue weighted by molar-refractivity contribution is 5.83. The number of fused-ring (bicyclic) bond motifs is 1. The summed E-state index contributed by atoms with van der Waals surface area (Å²) >= 11 is 0. The molecule has 0 aliphatic rings. The monoisotopic (exact) mass is 305 g/mol. The Morgan fingerprint density at radius 1 is 0.955 bits per heavy atom. The fraction of sp³-hybridized carbons (Fsp3) is 0.412. The van der Waals surface area contributed by atoms with Crippen LogP contribution >= 0.6 is 0 Å². The SMILES string of the molecule is OCCN(CCO)C[C@H](O)COc1ccc2ccccc2c1. The molecule has 2 rings (SSSR count). The van der Waals surface area contributed by atoms with Gasteiger partial charge in [-0.25, -0.2) is 0 Å². The van der Waals surface area contributed by atoms with Gasteiger partial charge >= 0.3 is 0 Å². The Bertz CT molecular complexity index is 569. The van der Waals surface area contributed by atoms with E-state index in [1.807, 2.05) is 42.5 Å². The summed E-state index contributed by atoms with van der Waals surface area (Å²) in [6, 6.07) is 13.8. The fourth-order valence-corrected chi connectivity index (χ4v) is 2.38. The lowest BCUT2D eigenvalue weighted by Gasteiger charge is -2.23. The maximum absolute atomic E-state index is 10.0. The fourth-order valence-electron chi connectivity index (χ4n) is 2.38.